The Hall–Kier alpha value is -1.07. The van der Waals surface area contributed by atoms with Crippen molar-refractivity contribution in [2.45, 2.75) is 116 Å². The molecule has 0 fully saturated rings. The maximum Gasteiger partial charge on any atom is 0.178 e. The third-order valence-corrected chi connectivity index (χ3v) is 8.14. The van der Waals surface area contributed by atoms with Gasteiger partial charge in [0.1, 0.15) is 5.75 Å². The molecule has 1 aromatic carbocycles. The highest BCUT2D eigenvalue weighted by Gasteiger charge is 2.12. The molecule has 33 heavy (non-hydrogen) atoms. The number of benzene rings is 1. The highest BCUT2D eigenvalue weighted by atomic mass is 32.2. The maximum absolute atomic E-state index is 12.2. The van der Waals surface area contributed by atoms with Crippen LogP contribution in [0, 0.1) is 0 Å². The van der Waals surface area contributed by atoms with E-state index in [1.165, 1.54) is 90.1 Å². The van der Waals surface area contributed by atoms with E-state index in [1.54, 1.807) is 24.3 Å². The minimum atomic E-state index is -3.16. The predicted molar refractivity (Wildman–Crippen MR) is 142 cm³/mol. The van der Waals surface area contributed by atoms with E-state index < -0.39 is 9.84 Å². The summed E-state index contributed by atoms with van der Waals surface area (Å²) in [6, 6.07) is 6.91. The molecule has 192 valence electrons. The number of sulfone groups is 1. The number of hydrogen-bond acceptors (Lipinski definition) is 4. The lowest BCUT2D eigenvalue weighted by atomic mass is 10.1. The first-order valence-electron chi connectivity index (χ1n) is 13.7. The zero-order valence-electron chi connectivity index (χ0n) is 21.8. The van der Waals surface area contributed by atoms with E-state index in [0.29, 0.717) is 17.9 Å². The Labute approximate surface area is 205 Å². The zero-order chi connectivity index (χ0) is 24.2. The van der Waals surface area contributed by atoms with Gasteiger partial charge in [-0.2, -0.15) is 0 Å². The van der Waals surface area contributed by atoms with Gasteiger partial charge in [0.15, 0.2) is 9.84 Å². The van der Waals surface area contributed by atoms with Crippen LogP contribution in [0.15, 0.2) is 29.2 Å². The summed E-state index contributed by atoms with van der Waals surface area (Å²) in [6.07, 6.45) is 17.8. The number of nitrogens with zero attached hydrogens (tertiary/aromatic N) is 1. The van der Waals surface area contributed by atoms with Crippen molar-refractivity contribution in [2.24, 2.45) is 0 Å². The molecule has 4 nitrogen and oxygen atoms in total. The van der Waals surface area contributed by atoms with Crippen LogP contribution in [-0.2, 0) is 9.84 Å². The molecule has 0 spiro atoms. The second-order valence-corrected chi connectivity index (χ2v) is 11.5. The topological polar surface area (TPSA) is 46.6 Å². The van der Waals surface area contributed by atoms with Crippen LogP contribution < -0.4 is 4.74 Å². The maximum atomic E-state index is 12.2. The van der Waals surface area contributed by atoms with Crippen LogP contribution >= 0.6 is 0 Å². The van der Waals surface area contributed by atoms with Crippen molar-refractivity contribution in [2.75, 3.05) is 32.0 Å². The summed E-state index contributed by atoms with van der Waals surface area (Å²) in [7, 11) is -3.16. The molecule has 0 heterocycles. The lowest BCUT2D eigenvalue weighted by Crippen LogP contribution is -2.28. The third-order valence-electron chi connectivity index (χ3n) is 6.20. The van der Waals surface area contributed by atoms with Crippen molar-refractivity contribution in [3.8, 4) is 5.75 Å². The van der Waals surface area contributed by atoms with Gasteiger partial charge in [-0.25, -0.2) is 8.42 Å². The minimum absolute atomic E-state index is 0.195. The first-order chi connectivity index (χ1) is 16.0. The van der Waals surface area contributed by atoms with Crippen LogP contribution in [0.5, 0.6) is 5.75 Å². The SMILES string of the molecule is CCCCCCCCN(CCCCCCCC)CCCOc1ccc(S(=O)(=O)CCC)cc1. The molecule has 0 bridgehead atoms. The number of hydrogen-bond donors (Lipinski definition) is 0. The van der Waals surface area contributed by atoms with E-state index in [9.17, 15) is 8.42 Å². The highest BCUT2D eigenvalue weighted by Crippen LogP contribution is 2.18. The summed E-state index contributed by atoms with van der Waals surface area (Å²) in [5.41, 5.74) is 0. The molecule has 0 aliphatic heterocycles. The largest absolute Gasteiger partial charge is 0.494 e. The average Bonchev–Trinajstić information content (AvgIpc) is 2.81. The summed E-state index contributed by atoms with van der Waals surface area (Å²) >= 11 is 0. The van der Waals surface area contributed by atoms with Crippen molar-refractivity contribution in [3.05, 3.63) is 24.3 Å². The second-order valence-electron chi connectivity index (χ2n) is 9.37. The Morgan fingerprint density at radius 2 is 1.12 bits per heavy atom. The highest BCUT2D eigenvalue weighted by molar-refractivity contribution is 7.91. The van der Waals surface area contributed by atoms with Crippen LogP contribution in [0.3, 0.4) is 0 Å². The molecule has 0 N–H and O–H groups in total. The van der Waals surface area contributed by atoms with E-state index in [1.807, 2.05) is 6.92 Å². The van der Waals surface area contributed by atoms with Crippen LogP contribution in [0.25, 0.3) is 0 Å². The summed E-state index contributed by atoms with van der Waals surface area (Å²) in [5.74, 6) is 0.948. The molecule has 0 aliphatic rings. The summed E-state index contributed by atoms with van der Waals surface area (Å²) < 4.78 is 30.2. The molecule has 0 aliphatic carbocycles. The molecule has 0 unspecified atom stereocenters. The molecular weight excluding hydrogens is 430 g/mol. The molecule has 0 aromatic heterocycles. The first kappa shape index (κ1) is 30.0. The Bertz CT molecular complexity index is 657. The van der Waals surface area contributed by atoms with Gasteiger partial charge in [-0.05, 0) is 63.0 Å². The van der Waals surface area contributed by atoms with Crippen molar-refractivity contribution in [1.29, 1.82) is 0 Å². The standard InChI is InChI=1S/C28H51NO3S/c1-4-7-9-11-13-15-22-29(23-16-14-12-10-8-5-2)24-17-25-32-27-18-20-28(21-19-27)33(30,31)26-6-3/h18-21H,4-17,22-26H2,1-3H3. The monoisotopic (exact) mass is 481 g/mol. The lowest BCUT2D eigenvalue weighted by Gasteiger charge is -2.22. The minimum Gasteiger partial charge on any atom is -0.494 e. The fraction of sp³-hybridized carbons (Fsp3) is 0.786. The van der Waals surface area contributed by atoms with Crippen molar-refractivity contribution in [3.63, 3.8) is 0 Å². The summed E-state index contributed by atoms with van der Waals surface area (Å²) in [5, 5.41) is 0. The third kappa shape index (κ3) is 14.7. The summed E-state index contributed by atoms with van der Waals surface area (Å²) in [6.45, 7) is 10.6. The molecular formula is C28H51NO3S. The Balaban J connectivity index is 2.36. The van der Waals surface area contributed by atoms with E-state index in [2.05, 4.69) is 18.7 Å². The summed E-state index contributed by atoms with van der Waals surface area (Å²) in [4.78, 5) is 3.02. The lowest BCUT2D eigenvalue weighted by molar-refractivity contribution is 0.226. The smallest absolute Gasteiger partial charge is 0.178 e. The number of ether oxygens (including phenoxy) is 1. The molecule has 0 atom stereocenters. The van der Waals surface area contributed by atoms with Gasteiger partial charge in [0.2, 0.25) is 0 Å². The van der Waals surface area contributed by atoms with E-state index >= 15 is 0 Å². The van der Waals surface area contributed by atoms with Gasteiger partial charge in [-0.1, -0.05) is 85.0 Å². The van der Waals surface area contributed by atoms with Crippen molar-refractivity contribution >= 4 is 9.84 Å². The molecule has 1 rings (SSSR count). The number of rotatable bonds is 22. The first-order valence-corrected chi connectivity index (χ1v) is 15.4. The van der Waals surface area contributed by atoms with Gasteiger partial charge in [-0.15, -0.1) is 0 Å². The number of unbranched alkanes of at least 4 members (excludes halogenated alkanes) is 10. The van der Waals surface area contributed by atoms with Crippen LogP contribution in [0.4, 0.5) is 0 Å². The van der Waals surface area contributed by atoms with E-state index in [0.717, 1.165) is 18.7 Å². The van der Waals surface area contributed by atoms with Gasteiger partial charge in [0.05, 0.1) is 17.3 Å². The molecule has 5 heteroatoms. The normalized spacial score (nSPS) is 11.9. The Kier molecular flexibility index (Phi) is 17.5. The predicted octanol–water partition coefficient (Wildman–Crippen LogP) is 7.66. The Morgan fingerprint density at radius 3 is 1.64 bits per heavy atom. The van der Waals surface area contributed by atoms with Gasteiger partial charge >= 0.3 is 0 Å². The second kappa shape index (κ2) is 19.3. The van der Waals surface area contributed by atoms with Crippen molar-refractivity contribution in [1.82, 2.24) is 4.90 Å². The fourth-order valence-electron chi connectivity index (χ4n) is 4.17. The van der Waals surface area contributed by atoms with Crippen LogP contribution in [0.2, 0.25) is 0 Å². The van der Waals surface area contributed by atoms with E-state index in [-0.39, 0.29) is 5.75 Å². The van der Waals surface area contributed by atoms with Gasteiger partial charge < -0.3 is 9.64 Å². The van der Waals surface area contributed by atoms with Gasteiger partial charge in [0.25, 0.3) is 0 Å². The zero-order valence-corrected chi connectivity index (χ0v) is 22.6. The van der Waals surface area contributed by atoms with Crippen LogP contribution in [-0.4, -0.2) is 45.3 Å². The molecule has 0 radical (unpaired) electrons. The quantitative estimate of drug-likeness (QED) is 0.159. The van der Waals surface area contributed by atoms with E-state index in [4.69, 9.17) is 4.74 Å². The average molecular weight is 482 g/mol. The molecule has 1 aromatic rings. The van der Waals surface area contributed by atoms with Crippen molar-refractivity contribution < 1.29 is 13.2 Å². The molecule has 0 amide bonds. The van der Waals surface area contributed by atoms with Gasteiger partial charge in [0, 0.05) is 6.54 Å². The van der Waals surface area contributed by atoms with Gasteiger partial charge in [-0.3, -0.25) is 0 Å². The van der Waals surface area contributed by atoms with Crippen LogP contribution in [0.1, 0.15) is 111 Å². The fourth-order valence-corrected chi connectivity index (χ4v) is 5.50. The molecule has 0 saturated carbocycles. The molecule has 0 saturated heterocycles. The Morgan fingerprint density at radius 1 is 0.636 bits per heavy atom.